The van der Waals surface area contributed by atoms with Crippen molar-refractivity contribution in [3.8, 4) is 33.6 Å². The Morgan fingerprint density at radius 3 is 1.28 bits per heavy atom. The monoisotopic (exact) mass is 790 g/mol. The number of amides is 4. The molecule has 14 heteroatoms. The van der Waals surface area contributed by atoms with Crippen molar-refractivity contribution in [2.75, 3.05) is 27.3 Å². The van der Waals surface area contributed by atoms with Gasteiger partial charge in [0.1, 0.15) is 11.6 Å². The van der Waals surface area contributed by atoms with Crippen LogP contribution in [0, 0.1) is 11.8 Å². The summed E-state index contributed by atoms with van der Waals surface area (Å²) in [5.41, 5.74) is 6.09. The average molecular weight is 791 g/mol. The SMILES string of the molecule is COC(=O)N[C@H]1CC[C@H](C(=O)N2CCC[C@H]2c2ncc(-c3ccc(-c4ccc(-c5cnc([C@@H]6CCCN6C(=O)[C@H]6CC[C@H](NC(=O)OC)CC6)[nH]5)cc4)cc3)[nH]2)CC1. The van der Waals surface area contributed by atoms with Crippen LogP contribution in [-0.4, -0.2) is 93.1 Å². The molecule has 4 amide bonds. The van der Waals surface area contributed by atoms with Crippen molar-refractivity contribution in [1.29, 1.82) is 0 Å². The fraction of sp³-hybridized carbons (Fsp3) is 0.500. The first-order chi connectivity index (χ1) is 28.3. The van der Waals surface area contributed by atoms with E-state index < -0.39 is 12.2 Å². The van der Waals surface area contributed by atoms with Crippen LogP contribution in [0.1, 0.15) is 101 Å². The lowest BCUT2D eigenvalue weighted by molar-refractivity contribution is -0.138. The van der Waals surface area contributed by atoms with Crippen LogP contribution in [0.2, 0.25) is 0 Å². The van der Waals surface area contributed by atoms with E-state index in [1.54, 1.807) is 0 Å². The number of H-pyrrole nitrogens is 2. The number of benzene rings is 2. The van der Waals surface area contributed by atoms with E-state index in [9.17, 15) is 19.2 Å². The molecule has 0 bridgehead atoms. The summed E-state index contributed by atoms with van der Waals surface area (Å²) in [5, 5.41) is 5.75. The Morgan fingerprint density at radius 1 is 0.552 bits per heavy atom. The Bertz CT molecular complexity index is 1920. The van der Waals surface area contributed by atoms with Crippen molar-refractivity contribution in [2.24, 2.45) is 11.8 Å². The van der Waals surface area contributed by atoms with Gasteiger partial charge in [0.15, 0.2) is 0 Å². The lowest BCUT2D eigenvalue weighted by atomic mass is 9.85. The van der Waals surface area contributed by atoms with E-state index in [-0.39, 0.29) is 47.8 Å². The number of aromatic nitrogens is 4. The zero-order valence-electron chi connectivity index (χ0n) is 33.4. The number of likely N-dealkylation sites (tertiary alicyclic amines) is 2. The van der Waals surface area contributed by atoms with E-state index in [1.165, 1.54) is 14.2 Å². The summed E-state index contributed by atoms with van der Waals surface area (Å²) in [5.74, 6) is 1.95. The summed E-state index contributed by atoms with van der Waals surface area (Å²) >= 11 is 0. The van der Waals surface area contributed by atoms with Crippen LogP contribution in [0.15, 0.2) is 60.9 Å². The van der Waals surface area contributed by atoms with Gasteiger partial charge < -0.3 is 39.9 Å². The predicted octanol–water partition coefficient (Wildman–Crippen LogP) is 7.29. The highest BCUT2D eigenvalue weighted by atomic mass is 16.5. The Labute approximate surface area is 338 Å². The van der Waals surface area contributed by atoms with Crippen molar-refractivity contribution >= 4 is 24.0 Å². The fourth-order valence-corrected chi connectivity index (χ4v) is 9.51. The normalized spacial score (nSPS) is 24.7. The zero-order chi connectivity index (χ0) is 40.2. The van der Waals surface area contributed by atoms with Crippen LogP contribution in [0.3, 0.4) is 0 Å². The number of hydrogen-bond donors (Lipinski definition) is 4. The molecule has 4 N–H and O–H groups in total. The molecule has 306 valence electrons. The van der Waals surface area contributed by atoms with Gasteiger partial charge in [-0.3, -0.25) is 9.59 Å². The lowest BCUT2D eigenvalue weighted by Gasteiger charge is -2.32. The summed E-state index contributed by atoms with van der Waals surface area (Å²) in [7, 11) is 2.74. The van der Waals surface area contributed by atoms with E-state index in [2.05, 4.69) is 69.1 Å². The van der Waals surface area contributed by atoms with Gasteiger partial charge in [0.25, 0.3) is 0 Å². The van der Waals surface area contributed by atoms with Crippen LogP contribution in [0.25, 0.3) is 33.6 Å². The quantitative estimate of drug-likeness (QED) is 0.137. The van der Waals surface area contributed by atoms with E-state index in [0.29, 0.717) is 0 Å². The van der Waals surface area contributed by atoms with Crippen molar-refractivity contribution in [3.05, 3.63) is 72.6 Å². The van der Waals surface area contributed by atoms with Gasteiger partial charge in [-0.15, -0.1) is 0 Å². The van der Waals surface area contributed by atoms with Gasteiger partial charge in [-0.25, -0.2) is 19.6 Å². The number of ether oxygens (including phenoxy) is 2. The van der Waals surface area contributed by atoms with Gasteiger partial charge in [-0.05, 0) is 99.3 Å². The Hall–Kier alpha value is -5.66. The predicted molar refractivity (Wildman–Crippen MR) is 217 cm³/mol. The number of carbonyl (C=O) groups is 4. The van der Waals surface area contributed by atoms with Crippen molar-refractivity contribution < 1.29 is 28.7 Å². The molecule has 4 fully saturated rings. The molecule has 4 aromatic rings. The van der Waals surface area contributed by atoms with Crippen LogP contribution < -0.4 is 10.6 Å². The van der Waals surface area contributed by atoms with Gasteiger partial charge in [0, 0.05) is 37.0 Å². The van der Waals surface area contributed by atoms with Gasteiger partial charge in [0.05, 0.1) is 50.1 Å². The minimum Gasteiger partial charge on any atom is -0.453 e. The second-order valence-corrected chi connectivity index (χ2v) is 16.3. The Balaban J connectivity index is 0.858. The van der Waals surface area contributed by atoms with Crippen molar-refractivity contribution in [2.45, 2.75) is 101 Å². The average Bonchev–Trinajstić information content (AvgIpc) is 4.11. The lowest BCUT2D eigenvalue weighted by Crippen LogP contribution is -2.42. The highest BCUT2D eigenvalue weighted by molar-refractivity contribution is 5.80. The minimum atomic E-state index is -0.417. The molecule has 8 rings (SSSR count). The van der Waals surface area contributed by atoms with Gasteiger partial charge in [-0.2, -0.15) is 0 Å². The molecule has 0 unspecified atom stereocenters. The third-order valence-corrected chi connectivity index (χ3v) is 12.8. The van der Waals surface area contributed by atoms with E-state index in [1.807, 2.05) is 22.2 Å². The maximum Gasteiger partial charge on any atom is 0.407 e. The standard InChI is InChI=1S/C44H54N8O6/c1-57-43(55)47-33-19-15-31(16-20-33)41(53)51-23-3-5-37(51)39-45-25-35(49-39)29-11-7-27(8-12-29)28-9-13-30(14-10-28)36-26-46-40(50-36)38-6-4-24-52(38)42(54)32-17-21-34(22-18-32)48-44(56)58-2/h7-14,25-26,31-34,37-38H,3-6,15-24H2,1-2H3,(H,45,49)(H,46,50)(H,47,55)(H,48,56)/t31-,32-,33-,34-,37-,38-/m0/s1. The number of imidazole rings is 2. The van der Waals surface area contributed by atoms with Crippen LogP contribution in [-0.2, 0) is 19.1 Å². The summed E-state index contributed by atoms with van der Waals surface area (Å²) in [4.78, 5) is 71.1. The molecule has 0 radical (unpaired) electrons. The van der Waals surface area contributed by atoms with E-state index >= 15 is 0 Å². The molecule has 2 atom stereocenters. The first kappa shape index (κ1) is 39.2. The van der Waals surface area contributed by atoms with E-state index in [0.717, 1.165) is 135 Å². The zero-order valence-corrected chi connectivity index (χ0v) is 33.4. The van der Waals surface area contributed by atoms with Gasteiger partial charge in [-0.1, -0.05) is 48.5 Å². The number of carbonyl (C=O) groups excluding carboxylic acids is 4. The summed E-state index contributed by atoms with van der Waals surface area (Å²) in [6.45, 7) is 1.47. The molecular weight excluding hydrogens is 737 g/mol. The molecule has 2 aromatic heterocycles. The third-order valence-electron chi connectivity index (χ3n) is 12.8. The maximum absolute atomic E-state index is 13.6. The number of nitrogens with zero attached hydrogens (tertiary/aromatic N) is 4. The second kappa shape index (κ2) is 17.5. The topological polar surface area (TPSA) is 175 Å². The number of nitrogens with one attached hydrogen (secondary N) is 4. The maximum atomic E-state index is 13.6. The fourth-order valence-electron chi connectivity index (χ4n) is 9.51. The molecule has 2 saturated carbocycles. The molecule has 2 aliphatic heterocycles. The summed E-state index contributed by atoms with van der Waals surface area (Å²) in [6.07, 6.45) is 12.7. The van der Waals surface area contributed by atoms with Crippen LogP contribution in [0.5, 0.6) is 0 Å². The number of rotatable bonds is 9. The summed E-state index contributed by atoms with van der Waals surface area (Å²) < 4.78 is 9.47. The Morgan fingerprint density at radius 2 is 0.914 bits per heavy atom. The highest BCUT2D eigenvalue weighted by Gasteiger charge is 2.39. The van der Waals surface area contributed by atoms with Crippen molar-refractivity contribution in [3.63, 3.8) is 0 Å². The number of alkyl carbamates (subject to hydrolysis) is 2. The van der Waals surface area contributed by atoms with Crippen LogP contribution >= 0.6 is 0 Å². The van der Waals surface area contributed by atoms with E-state index in [4.69, 9.17) is 19.4 Å². The smallest absolute Gasteiger partial charge is 0.407 e. The third kappa shape index (κ3) is 8.46. The number of hydrogen-bond acceptors (Lipinski definition) is 8. The number of aromatic amines is 2. The summed E-state index contributed by atoms with van der Waals surface area (Å²) in [6, 6.07) is 16.8. The first-order valence-electron chi connectivity index (χ1n) is 20.9. The Kier molecular flexibility index (Phi) is 11.8. The molecule has 14 nitrogen and oxygen atoms in total. The number of methoxy groups -OCH3 is 2. The molecule has 58 heavy (non-hydrogen) atoms. The molecule has 4 heterocycles. The second-order valence-electron chi connectivity index (χ2n) is 16.3. The molecule has 0 spiro atoms. The molecule has 2 aliphatic carbocycles. The van der Waals surface area contributed by atoms with Crippen LogP contribution in [0.4, 0.5) is 9.59 Å². The van der Waals surface area contributed by atoms with Gasteiger partial charge >= 0.3 is 12.2 Å². The van der Waals surface area contributed by atoms with Crippen molar-refractivity contribution in [1.82, 2.24) is 40.4 Å². The molecule has 2 saturated heterocycles. The molecule has 2 aromatic carbocycles. The first-order valence-corrected chi connectivity index (χ1v) is 20.9. The largest absolute Gasteiger partial charge is 0.453 e. The minimum absolute atomic E-state index is 0.0360. The highest BCUT2D eigenvalue weighted by Crippen LogP contribution is 2.38. The molecular formula is C44H54N8O6. The molecule has 4 aliphatic rings. The van der Waals surface area contributed by atoms with Gasteiger partial charge in [0.2, 0.25) is 11.8 Å².